The smallest absolute Gasteiger partial charge is 0.407 e. The van der Waals surface area contributed by atoms with Crippen molar-refractivity contribution in [3.8, 4) is 5.88 Å². The van der Waals surface area contributed by atoms with E-state index in [0.717, 1.165) is 25.7 Å². The fourth-order valence-electron chi connectivity index (χ4n) is 2.96. The Labute approximate surface area is 158 Å². The van der Waals surface area contributed by atoms with Crippen LogP contribution in [0.4, 0.5) is 10.5 Å². The van der Waals surface area contributed by atoms with Crippen molar-refractivity contribution in [3.05, 3.63) is 16.3 Å². The summed E-state index contributed by atoms with van der Waals surface area (Å²) < 4.78 is 17.1. The van der Waals surface area contributed by atoms with Crippen LogP contribution in [0.1, 0.15) is 52.5 Å². The minimum Gasteiger partial charge on any atom is -0.469 e. The average Bonchev–Trinajstić information content (AvgIpc) is 2.98. The Bertz CT molecular complexity index is 646. The highest BCUT2D eigenvalue weighted by Crippen LogP contribution is 2.33. The molecular weight excluding hydrogens is 356 g/mol. The first kappa shape index (κ1) is 20.9. The third-order valence-corrected chi connectivity index (χ3v) is 4.19. The minimum atomic E-state index is -0.533. The second-order valence-corrected chi connectivity index (χ2v) is 7.55. The SMILES string of the molecule is COCCOc1nn(C2CCC(NC(=O)OC(C)(C)C)CC2)cc1[N+](=O)[O-]. The summed E-state index contributed by atoms with van der Waals surface area (Å²) in [5, 5.41) is 18.3. The van der Waals surface area contributed by atoms with Crippen LogP contribution in [0.5, 0.6) is 5.88 Å². The van der Waals surface area contributed by atoms with Crippen LogP contribution in [0.3, 0.4) is 0 Å². The predicted octanol–water partition coefficient (Wildman–Crippen LogP) is 2.82. The number of rotatable bonds is 7. The van der Waals surface area contributed by atoms with E-state index in [4.69, 9.17) is 14.2 Å². The monoisotopic (exact) mass is 384 g/mol. The van der Waals surface area contributed by atoms with Crippen LogP contribution in [0.2, 0.25) is 0 Å². The highest BCUT2D eigenvalue weighted by Gasteiger charge is 2.29. The van der Waals surface area contributed by atoms with Crippen LogP contribution < -0.4 is 10.1 Å². The van der Waals surface area contributed by atoms with E-state index in [2.05, 4.69) is 10.4 Å². The summed E-state index contributed by atoms with van der Waals surface area (Å²) in [5.74, 6) is 0.00561. The van der Waals surface area contributed by atoms with Crippen molar-refractivity contribution in [2.45, 2.75) is 64.1 Å². The van der Waals surface area contributed by atoms with Crippen LogP contribution in [0.25, 0.3) is 0 Å². The maximum Gasteiger partial charge on any atom is 0.407 e. The lowest BCUT2D eigenvalue weighted by molar-refractivity contribution is -0.386. The van der Waals surface area contributed by atoms with Crippen molar-refractivity contribution in [2.24, 2.45) is 0 Å². The lowest BCUT2D eigenvalue weighted by Crippen LogP contribution is -2.41. The van der Waals surface area contributed by atoms with Gasteiger partial charge in [0.15, 0.2) is 0 Å². The van der Waals surface area contributed by atoms with E-state index in [1.807, 2.05) is 20.8 Å². The van der Waals surface area contributed by atoms with E-state index in [0.29, 0.717) is 6.61 Å². The molecule has 0 bridgehead atoms. The lowest BCUT2D eigenvalue weighted by atomic mass is 9.91. The zero-order valence-electron chi connectivity index (χ0n) is 16.3. The molecule has 152 valence electrons. The van der Waals surface area contributed by atoms with Crippen molar-refractivity contribution in [3.63, 3.8) is 0 Å². The first-order chi connectivity index (χ1) is 12.7. The van der Waals surface area contributed by atoms with Crippen molar-refractivity contribution in [1.82, 2.24) is 15.1 Å². The third kappa shape index (κ3) is 6.38. The molecule has 1 aliphatic carbocycles. The summed E-state index contributed by atoms with van der Waals surface area (Å²) in [5.41, 5.74) is -0.686. The fraction of sp³-hybridized carbons (Fsp3) is 0.765. The largest absolute Gasteiger partial charge is 0.469 e. The van der Waals surface area contributed by atoms with Gasteiger partial charge in [0.1, 0.15) is 18.4 Å². The second-order valence-electron chi connectivity index (χ2n) is 7.55. The summed E-state index contributed by atoms with van der Waals surface area (Å²) in [6.07, 6.45) is 3.98. The number of carbonyl (C=O) groups excluding carboxylic acids is 1. The molecule has 0 aromatic carbocycles. The molecule has 0 atom stereocenters. The Hall–Kier alpha value is -2.36. The molecule has 27 heavy (non-hydrogen) atoms. The Morgan fingerprint density at radius 3 is 2.56 bits per heavy atom. The number of alkyl carbamates (subject to hydrolysis) is 1. The van der Waals surface area contributed by atoms with E-state index >= 15 is 0 Å². The van der Waals surface area contributed by atoms with Crippen molar-refractivity contribution < 1.29 is 23.9 Å². The van der Waals surface area contributed by atoms with Gasteiger partial charge in [0.05, 0.1) is 17.6 Å². The van der Waals surface area contributed by atoms with E-state index < -0.39 is 16.6 Å². The molecule has 0 unspecified atom stereocenters. The molecule has 0 aliphatic heterocycles. The minimum absolute atomic E-state index is 0.00561. The molecule has 0 radical (unpaired) electrons. The second kappa shape index (κ2) is 9.03. The van der Waals surface area contributed by atoms with Crippen LogP contribution in [-0.2, 0) is 9.47 Å². The van der Waals surface area contributed by atoms with Gasteiger partial charge in [-0.2, -0.15) is 0 Å². The topological polar surface area (TPSA) is 118 Å². The number of nitro groups is 1. The number of nitrogens with zero attached hydrogens (tertiary/aromatic N) is 3. The molecule has 0 spiro atoms. The Balaban J connectivity index is 1.92. The highest BCUT2D eigenvalue weighted by atomic mass is 16.6. The predicted molar refractivity (Wildman–Crippen MR) is 96.9 cm³/mol. The van der Waals surface area contributed by atoms with Gasteiger partial charge >= 0.3 is 17.7 Å². The summed E-state index contributed by atoms with van der Waals surface area (Å²) in [4.78, 5) is 22.6. The molecule has 1 N–H and O–H groups in total. The first-order valence-electron chi connectivity index (χ1n) is 9.04. The molecule has 2 rings (SSSR count). The summed E-state index contributed by atoms with van der Waals surface area (Å²) in [6, 6.07) is 0.0548. The first-order valence-corrected chi connectivity index (χ1v) is 9.04. The quantitative estimate of drug-likeness (QED) is 0.436. The van der Waals surface area contributed by atoms with Gasteiger partial charge in [-0.05, 0) is 46.5 Å². The number of hydrogen-bond acceptors (Lipinski definition) is 7. The molecule has 1 aliphatic rings. The Kier molecular flexibility index (Phi) is 7.00. The molecule has 10 heteroatoms. The summed E-state index contributed by atoms with van der Waals surface area (Å²) >= 11 is 0. The van der Waals surface area contributed by atoms with Gasteiger partial charge in [0.2, 0.25) is 0 Å². The molecular formula is C17H28N4O6. The molecule has 1 saturated carbocycles. The van der Waals surface area contributed by atoms with E-state index in [9.17, 15) is 14.9 Å². The molecule has 1 amide bonds. The maximum absolute atomic E-state index is 11.9. The summed E-state index contributed by atoms with van der Waals surface area (Å²) in [6.45, 7) is 5.98. The van der Waals surface area contributed by atoms with E-state index in [1.165, 1.54) is 13.3 Å². The van der Waals surface area contributed by atoms with Crippen LogP contribution in [0.15, 0.2) is 6.20 Å². The van der Waals surface area contributed by atoms with Gasteiger partial charge in [-0.15, -0.1) is 5.10 Å². The number of hydrogen-bond donors (Lipinski definition) is 1. The Morgan fingerprint density at radius 1 is 1.33 bits per heavy atom. The highest BCUT2D eigenvalue weighted by molar-refractivity contribution is 5.68. The number of aromatic nitrogens is 2. The zero-order valence-corrected chi connectivity index (χ0v) is 16.3. The van der Waals surface area contributed by atoms with Crippen LogP contribution >= 0.6 is 0 Å². The number of methoxy groups -OCH3 is 1. The van der Waals surface area contributed by atoms with Crippen LogP contribution in [0, 0.1) is 10.1 Å². The third-order valence-electron chi connectivity index (χ3n) is 4.19. The average molecular weight is 384 g/mol. The molecule has 1 fully saturated rings. The lowest BCUT2D eigenvalue weighted by Gasteiger charge is -2.30. The maximum atomic E-state index is 11.9. The molecule has 1 aromatic rings. The fourth-order valence-corrected chi connectivity index (χ4v) is 2.96. The van der Waals surface area contributed by atoms with Gasteiger partial charge in [-0.3, -0.25) is 14.8 Å². The molecule has 0 saturated heterocycles. The summed E-state index contributed by atoms with van der Waals surface area (Å²) in [7, 11) is 1.53. The van der Waals surface area contributed by atoms with Gasteiger partial charge < -0.3 is 19.5 Å². The number of ether oxygens (including phenoxy) is 3. The van der Waals surface area contributed by atoms with Crippen molar-refractivity contribution >= 4 is 11.8 Å². The normalized spacial score (nSPS) is 20.1. The Morgan fingerprint density at radius 2 is 2.00 bits per heavy atom. The number of nitrogens with one attached hydrogen (secondary N) is 1. The molecule has 1 aromatic heterocycles. The van der Waals surface area contributed by atoms with E-state index in [-0.39, 0.29) is 30.3 Å². The van der Waals surface area contributed by atoms with Gasteiger partial charge in [0, 0.05) is 13.2 Å². The van der Waals surface area contributed by atoms with Crippen LogP contribution in [-0.4, -0.2) is 52.8 Å². The van der Waals surface area contributed by atoms with Gasteiger partial charge in [-0.25, -0.2) is 4.79 Å². The molecule has 10 nitrogen and oxygen atoms in total. The van der Waals surface area contributed by atoms with Gasteiger partial charge in [-0.1, -0.05) is 0 Å². The number of carbonyl (C=O) groups is 1. The zero-order chi connectivity index (χ0) is 20.0. The van der Waals surface area contributed by atoms with Crippen molar-refractivity contribution in [2.75, 3.05) is 20.3 Å². The van der Waals surface area contributed by atoms with E-state index in [1.54, 1.807) is 4.68 Å². The van der Waals surface area contributed by atoms with Gasteiger partial charge in [0.25, 0.3) is 0 Å². The standard InChI is InChI=1S/C17H28N4O6/c1-17(2,3)27-16(22)18-12-5-7-13(8-6-12)20-11-14(21(23)24)15(19-20)26-10-9-25-4/h11-13H,5-10H2,1-4H3,(H,18,22). The number of amides is 1. The molecule has 1 heterocycles. The van der Waals surface area contributed by atoms with Crippen molar-refractivity contribution in [1.29, 1.82) is 0 Å².